The molecule has 1 aliphatic carbocycles. The molecule has 0 atom stereocenters. The molecule has 1 saturated carbocycles. The van der Waals surface area contributed by atoms with Crippen LogP contribution in [0.25, 0.3) is 11.3 Å². The van der Waals surface area contributed by atoms with Crippen molar-refractivity contribution in [1.29, 1.82) is 0 Å². The van der Waals surface area contributed by atoms with Gasteiger partial charge in [-0.25, -0.2) is 0 Å². The Bertz CT molecular complexity index is 618. The summed E-state index contributed by atoms with van der Waals surface area (Å²) in [5.41, 5.74) is 5.15. The first kappa shape index (κ1) is 18.2. The van der Waals surface area contributed by atoms with Crippen molar-refractivity contribution >= 4 is 0 Å². The standard InChI is InChI=1S/C24H33N/c1-3-5-6-7-20-8-11-21(12-9-20)22-13-15-23(16-14-22)24-17-10-19(4-2)18-25-24/h10,13-18,20-21H,3-9,11-12H2,1-2H3. The predicted molar refractivity (Wildman–Crippen MR) is 108 cm³/mol. The summed E-state index contributed by atoms with van der Waals surface area (Å²) in [4.78, 5) is 4.61. The number of aryl methyl sites for hydroxylation is 1. The van der Waals surface area contributed by atoms with Gasteiger partial charge in [-0.1, -0.05) is 69.9 Å². The molecule has 0 saturated heterocycles. The molecule has 1 fully saturated rings. The largest absolute Gasteiger partial charge is 0.256 e. The topological polar surface area (TPSA) is 12.9 Å². The van der Waals surface area contributed by atoms with E-state index in [4.69, 9.17) is 0 Å². The molecule has 0 unspecified atom stereocenters. The van der Waals surface area contributed by atoms with E-state index < -0.39 is 0 Å². The van der Waals surface area contributed by atoms with Crippen LogP contribution < -0.4 is 0 Å². The first-order valence-electron chi connectivity index (χ1n) is 10.4. The molecular weight excluding hydrogens is 302 g/mol. The second-order valence-corrected chi connectivity index (χ2v) is 7.74. The van der Waals surface area contributed by atoms with Gasteiger partial charge >= 0.3 is 0 Å². The van der Waals surface area contributed by atoms with Crippen LogP contribution in [-0.4, -0.2) is 4.98 Å². The van der Waals surface area contributed by atoms with E-state index >= 15 is 0 Å². The smallest absolute Gasteiger partial charge is 0.0702 e. The van der Waals surface area contributed by atoms with E-state index in [0.717, 1.165) is 24.0 Å². The van der Waals surface area contributed by atoms with Crippen molar-refractivity contribution < 1.29 is 0 Å². The SMILES string of the molecule is CCCCCC1CCC(c2ccc(-c3ccc(CC)cn3)cc2)CC1. The lowest BCUT2D eigenvalue weighted by atomic mass is 9.77. The quantitative estimate of drug-likeness (QED) is 0.489. The molecule has 134 valence electrons. The number of hydrogen-bond donors (Lipinski definition) is 0. The van der Waals surface area contributed by atoms with Crippen LogP contribution in [0.3, 0.4) is 0 Å². The van der Waals surface area contributed by atoms with Gasteiger partial charge in [-0.3, -0.25) is 4.98 Å². The molecule has 1 heterocycles. The minimum atomic E-state index is 0.770. The van der Waals surface area contributed by atoms with Crippen molar-refractivity contribution in [3.05, 3.63) is 53.7 Å². The Morgan fingerprint density at radius 1 is 0.880 bits per heavy atom. The molecule has 1 aliphatic rings. The minimum Gasteiger partial charge on any atom is -0.256 e. The zero-order valence-electron chi connectivity index (χ0n) is 16.0. The van der Waals surface area contributed by atoms with Crippen LogP contribution >= 0.6 is 0 Å². The van der Waals surface area contributed by atoms with Crippen LogP contribution in [0, 0.1) is 5.92 Å². The minimum absolute atomic E-state index is 0.770. The Hall–Kier alpha value is -1.63. The molecule has 1 heteroatoms. The molecule has 0 radical (unpaired) electrons. The van der Waals surface area contributed by atoms with Crippen molar-refractivity contribution in [3.63, 3.8) is 0 Å². The predicted octanol–water partition coefficient (Wildman–Crippen LogP) is 7.17. The molecule has 1 aromatic carbocycles. The molecule has 0 N–H and O–H groups in total. The van der Waals surface area contributed by atoms with E-state index in [2.05, 4.69) is 55.2 Å². The summed E-state index contributed by atoms with van der Waals surface area (Å²) >= 11 is 0. The average molecular weight is 336 g/mol. The maximum absolute atomic E-state index is 4.61. The van der Waals surface area contributed by atoms with E-state index in [1.807, 2.05) is 6.20 Å². The third kappa shape index (κ3) is 4.93. The molecule has 1 nitrogen and oxygen atoms in total. The molecule has 2 aromatic rings. The van der Waals surface area contributed by atoms with E-state index in [1.54, 1.807) is 0 Å². The van der Waals surface area contributed by atoms with Gasteiger partial charge in [-0.05, 0) is 61.1 Å². The van der Waals surface area contributed by atoms with E-state index in [0.29, 0.717) is 0 Å². The van der Waals surface area contributed by atoms with Gasteiger partial charge in [0.25, 0.3) is 0 Å². The maximum Gasteiger partial charge on any atom is 0.0702 e. The van der Waals surface area contributed by atoms with Crippen LogP contribution in [0.4, 0.5) is 0 Å². The lowest BCUT2D eigenvalue weighted by Crippen LogP contribution is -2.13. The number of aromatic nitrogens is 1. The van der Waals surface area contributed by atoms with Crippen molar-refractivity contribution in [2.45, 2.75) is 77.6 Å². The highest BCUT2D eigenvalue weighted by atomic mass is 14.7. The summed E-state index contributed by atoms with van der Waals surface area (Å²) in [5.74, 6) is 1.76. The summed E-state index contributed by atoms with van der Waals surface area (Å²) in [5, 5.41) is 0. The Balaban J connectivity index is 1.56. The van der Waals surface area contributed by atoms with Crippen LogP contribution in [-0.2, 0) is 6.42 Å². The zero-order valence-corrected chi connectivity index (χ0v) is 16.0. The van der Waals surface area contributed by atoms with Gasteiger partial charge in [0.1, 0.15) is 0 Å². The summed E-state index contributed by atoms with van der Waals surface area (Å²) in [6.45, 7) is 4.47. The Morgan fingerprint density at radius 2 is 1.64 bits per heavy atom. The number of unbranched alkanes of at least 4 members (excludes halogenated alkanes) is 2. The van der Waals surface area contributed by atoms with Crippen LogP contribution in [0.2, 0.25) is 0 Å². The van der Waals surface area contributed by atoms with Gasteiger partial charge in [0.15, 0.2) is 0 Å². The molecule has 0 aliphatic heterocycles. The van der Waals surface area contributed by atoms with Gasteiger partial charge in [0.2, 0.25) is 0 Å². The van der Waals surface area contributed by atoms with Crippen LogP contribution in [0.5, 0.6) is 0 Å². The van der Waals surface area contributed by atoms with E-state index in [-0.39, 0.29) is 0 Å². The average Bonchev–Trinajstić information content (AvgIpc) is 2.69. The van der Waals surface area contributed by atoms with Gasteiger partial charge in [-0.2, -0.15) is 0 Å². The first-order chi connectivity index (χ1) is 12.3. The third-order valence-corrected chi connectivity index (χ3v) is 5.97. The van der Waals surface area contributed by atoms with Gasteiger partial charge in [-0.15, -0.1) is 0 Å². The van der Waals surface area contributed by atoms with E-state index in [9.17, 15) is 0 Å². The molecule has 0 bridgehead atoms. The Labute approximate surface area is 153 Å². The number of rotatable bonds is 7. The number of pyridine rings is 1. The van der Waals surface area contributed by atoms with Crippen molar-refractivity contribution in [1.82, 2.24) is 4.98 Å². The lowest BCUT2D eigenvalue weighted by Gasteiger charge is -2.29. The van der Waals surface area contributed by atoms with Gasteiger partial charge in [0.05, 0.1) is 5.69 Å². The third-order valence-electron chi connectivity index (χ3n) is 5.97. The fraction of sp³-hybridized carbons (Fsp3) is 0.542. The molecule has 25 heavy (non-hydrogen) atoms. The first-order valence-corrected chi connectivity index (χ1v) is 10.4. The Kier molecular flexibility index (Phi) is 6.67. The number of nitrogens with zero attached hydrogens (tertiary/aromatic N) is 1. The highest BCUT2D eigenvalue weighted by Crippen LogP contribution is 2.38. The number of benzene rings is 1. The molecule has 1 aromatic heterocycles. The van der Waals surface area contributed by atoms with Gasteiger partial charge in [0, 0.05) is 11.8 Å². The summed E-state index contributed by atoms with van der Waals surface area (Å²) in [6, 6.07) is 13.5. The molecular formula is C24H33N. The van der Waals surface area contributed by atoms with Crippen LogP contribution in [0.1, 0.15) is 82.3 Å². The maximum atomic E-state index is 4.61. The molecule has 0 amide bonds. The fourth-order valence-corrected chi connectivity index (χ4v) is 4.20. The van der Waals surface area contributed by atoms with Crippen molar-refractivity contribution in [2.75, 3.05) is 0 Å². The summed E-state index contributed by atoms with van der Waals surface area (Å²) in [7, 11) is 0. The second kappa shape index (κ2) is 9.17. The summed E-state index contributed by atoms with van der Waals surface area (Å²) < 4.78 is 0. The molecule has 3 rings (SSSR count). The van der Waals surface area contributed by atoms with Gasteiger partial charge < -0.3 is 0 Å². The fourth-order valence-electron chi connectivity index (χ4n) is 4.20. The van der Waals surface area contributed by atoms with Crippen LogP contribution in [0.15, 0.2) is 42.6 Å². The molecule has 0 spiro atoms. The highest BCUT2D eigenvalue weighted by molar-refractivity contribution is 5.59. The highest BCUT2D eigenvalue weighted by Gasteiger charge is 2.22. The van der Waals surface area contributed by atoms with Crippen molar-refractivity contribution in [2.24, 2.45) is 5.92 Å². The lowest BCUT2D eigenvalue weighted by molar-refractivity contribution is 0.303. The second-order valence-electron chi connectivity index (χ2n) is 7.74. The van der Waals surface area contributed by atoms with E-state index in [1.165, 1.54) is 68.1 Å². The monoisotopic (exact) mass is 335 g/mol. The summed E-state index contributed by atoms with van der Waals surface area (Å²) in [6.07, 6.45) is 14.3. The zero-order chi connectivity index (χ0) is 17.5. The Morgan fingerprint density at radius 3 is 2.24 bits per heavy atom. The normalized spacial score (nSPS) is 20.6. The number of hydrogen-bond acceptors (Lipinski definition) is 1. The van der Waals surface area contributed by atoms with Crippen molar-refractivity contribution in [3.8, 4) is 11.3 Å².